The van der Waals surface area contributed by atoms with Gasteiger partial charge in [0.25, 0.3) is 0 Å². The summed E-state index contributed by atoms with van der Waals surface area (Å²) in [7, 11) is 0. The number of amides is 2. The number of rotatable bonds is 3. The van der Waals surface area contributed by atoms with E-state index in [-0.39, 0.29) is 29.5 Å². The fourth-order valence-electron chi connectivity index (χ4n) is 3.56. The van der Waals surface area contributed by atoms with E-state index in [9.17, 15) is 9.59 Å². The van der Waals surface area contributed by atoms with Crippen LogP contribution in [0.4, 0.5) is 5.69 Å². The summed E-state index contributed by atoms with van der Waals surface area (Å²) in [5, 5.41) is 0.690. The molecule has 2 atom stereocenters. The van der Waals surface area contributed by atoms with E-state index in [1.807, 2.05) is 59.5 Å². The number of para-hydroxylation sites is 1. The molecule has 2 aromatic carbocycles. The maximum atomic E-state index is 13.1. The van der Waals surface area contributed by atoms with E-state index in [2.05, 4.69) is 0 Å². The highest BCUT2D eigenvalue weighted by molar-refractivity contribution is 7.99. The standard InChI is InChI=1S/C20H19ClN2O2S/c21-16-8-6-14(7-9-16)20-22(10-11-26-20)19(25)15-12-18(24)23(13-15)17-4-2-1-3-5-17/h1-9,15,20H,10-13H2. The highest BCUT2D eigenvalue weighted by Crippen LogP contribution is 2.40. The summed E-state index contributed by atoms with van der Waals surface area (Å²) in [5.74, 6) is 0.713. The Kier molecular flexibility index (Phi) is 4.92. The third kappa shape index (κ3) is 3.33. The van der Waals surface area contributed by atoms with Crippen LogP contribution in [0.15, 0.2) is 54.6 Å². The van der Waals surface area contributed by atoms with E-state index in [0.29, 0.717) is 18.1 Å². The molecule has 2 fully saturated rings. The van der Waals surface area contributed by atoms with Gasteiger partial charge in [0.2, 0.25) is 11.8 Å². The number of benzene rings is 2. The molecule has 26 heavy (non-hydrogen) atoms. The molecule has 2 unspecified atom stereocenters. The molecule has 2 aliphatic rings. The van der Waals surface area contributed by atoms with E-state index in [0.717, 1.165) is 17.0 Å². The second kappa shape index (κ2) is 7.33. The zero-order valence-corrected chi connectivity index (χ0v) is 15.7. The molecular weight excluding hydrogens is 368 g/mol. The van der Waals surface area contributed by atoms with Gasteiger partial charge in [-0.1, -0.05) is 41.9 Å². The highest BCUT2D eigenvalue weighted by Gasteiger charge is 2.40. The first kappa shape index (κ1) is 17.4. The number of nitrogens with zero attached hydrogens (tertiary/aromatic N) is 2. The fourth-order valence-corrected chi connectivity index (χ4v) is 4.95. The second-order valence-corrected chi connectivity index (χ2v) is 8.17. The van der Waals surface area contributed by atoms with Crippen molar-refractivity contribution in [3.63, 3.8) is 0 Å². The van der Waals surface area contributed by atoms with Gasteiger partial charge in [0, 0.05) is 36.0 Å². The molecule has 0 bridgehead atoms. The molecule has 6 heteroatoms. The molecule has 0 aromatic heterocycles. The van der Waals surface area contributed by atoms with Crippen LogP contribution < -0.4 is 4.90 Å². The van der Waals surface area contributed by atoms with E-state index in [1.165, 1.54) is 0 Å². The van der Waals surface area contributed by atoms with E-state index < -0.39 is 0 Å². The van der Waals surface area contributed by atoms with Gasteiger partial charge >= 0.3 is 0 Å². The van der Waals surface area contributed by atoms with Crippen molar-refractivity contribution in [3.05, 3.63) is 65.2 Å². The van der Waals surface area contributed by atoms with Crippen molar-refractivity contribution >= 4 is 40.9 Å². The van der Waals surface area contributed by atoms with Gasteiger partial charge in [-0.3, -0.25) is 9.59 Å². The van der Waals surface area contributed by atoms with Gasteiger partial charge in [-0.15, -0.1) is 11.8 Å². The lowest BCUT2D eigenvalue weighted by molar-refractivity contribution is -0.136. The third-order valence-electron chi connectivity index (χ3n) is 4.87. The average Bonchev–Trinajstić information content (AvgIpc) is 3.29. The van der Waals surface area contributed by atoms with E-state index in [1.54, 1.807) is 16.7 Å². The van der Waals surface area contributed by atoms with Gasteiger partial charge < -0.3 is 9.80 Å². The first-order valence-corrected chi connectivity index (χ1v) is 10.1. The Morgan fingerprint density at radius 3 is 2.54 bits per heavy atom. The molecule has 2 amide bonds. The number of carbonyl (C=O) groups excluding carboxylic acids is 2. The third-order valence-corrected chi connectivity index (χ3v) is 6.38. The molecule has 0 radical (unpaired) electrons. The number of thioether (sulfide) groups is 1. The highest BCUT2D eigenvalue weighted by atomic mass is 35.5. The minimum absolute atomic E-state index is 0.000596. The van der Waals surface area contributed by atoms with Crippen LogP contribution in [0.5, 0.6) is 0 Å². The molecule has 0 spiro atoms. The van der Waals surface area contributed by atoms with Crippen LogP contribution >= 0.6 is 23.4 Å². The number of hydrogen-bond donors (Lipinski definition) is 0. The lowest BCUT2D eigenvalue weighted by Crippen LogP contribution is -2.37. The molecule has 2 aliphatic heterocycles. The molecule has 134 valence electrons. The van der Waals surface area contributed by atoms with Crippen LogP contribution in [0.1, 0.15) is 17.4 Å². The van der Waals surface area contributed by atoms with Crippen molar-refractivity contribution < 1.29 is 9.59 Å². The average molecular weight is 387 g/mol. The Bertz CT molecular complexity index is 812. The van der Waals surface area contributed by atoms with Crippen LogP contribution in [0.2, 0.25) is 5.02 Å². The first-order chi connectivity index (χ1) is 12.6. The molecule has 2 heterocycles. The van der Waals surface area contributed by atoms with Crippen molar-refractivity contribution in [2.75, 3.05) is 23.7 Å². The first-order valence-electron chi connectivity index (χ1n) is 8.66. The minimum Gasteiger partial charge on any atom is -0.325 e. The molecule has 0 N–H and O–H groups in total. The van der Waals surface area contributed by atoms with Crippen LogP contribution in [-0.4, -0.2) is 35.6 Å². The number of anilines is 1. The maximum Gasteiger partial charge on any atom is 0.229 e. The van der Waals surface area contributed by atoms with Crippen LogP contribution in [0.25, 0.3) is 0 Å². The molecule has 0 aliphatic carbocycles. The minimum atomic E-state index is -0.281. The Hall–Kier alpha value is -1.98. The summed E-state index contributed by atoms with van der Waals surface area (Å²) >= 11 is 7.74. The normalized spacial score (nSPS) is 22.9. The number of carbonyl (C=O) groups is 2. The van der Waals surface area contributed by atoms with E-state index >= 15 is 0 Å². The zero-order valence-electron chi connectivity index (χ0n) is 14.2. The smallest absolute Gasteiger partial charge is 0.229 e. The van der Waals surface area contributed by atoms with Gasteiger partial charge in [0.15, 0.2) is 0 Å². The van der Waals surface area contributed by atoms with Gasteiger partial charge in [-0.05, 0) is 29.8 Å². The summed E-state index contributed by atoms with van der Waals surface area (Å²) in [6, 6.07) is 17.2. The number of hydrogen-bond acceptors (Lipinski definition) is 3. The zero-order chi connectivity index (χ0) is 18.1. The molecule has 2 saturated heterocycles. The quantitative estimate of drug-likeness (QED) is 0.801. The fraction of sp³-hybridized carbons (Fsp3) is 0.300. The van der Waals surface area contributed by atoms with Gasteiger partial charge in [0.05, 0.1) is 5.92 Å². The van der Waals surface area contributed by atoms with Gasteiger partial charge in [0.1, 0.15) is 5.37 Å². The summed E-state index contributed by atoms with van der Waals surface area (Å²) in [5.41, 5.74) is 1.94. The predicted octanol–water partition coefficient (Wildman–Crippen LogP) is 3.97. The molecule has 0 saturated carbocycles. The summed E-state index contributed by atoms with van der Waals surface area (Å²) in [6.07, 6.45) is 0.280. The molecule has 4 nitrogen and oxygen atoms in total. The van der Waals surface area contributed by atoms with Gasteiger partial charge in [-0.25, -0.2) is 0 Å². The van der Waals surface area contributed by atoms with Crippen molar-refractivity contribution in [2.45, 2.75) is 11.8 Å². The maximum absolute atomic E-state index is 13.1. The SMILES string of the molecule is O=C1CC(C(=O)N2CCSC2c2ccc(Cl)cc2)CN1c1ccccc1. The van der Waals surface area contributed by atoms with Crippen molar-refractivity contribution in [1.82, 2.24) is 4.90 Å². The molecular formula is C20H19ClN2O2S. The Morgan fingerprint density at radius 2 is 1.81 bits per heavy atom. The summed E-state index contributed by atoms with van der Waals surface area (Å²) in [4.78, 5) is 29.2. The summed E-state index contributed by atoms with van der Waals surface area (Å²) < 4.78 is 0. The number of halogens is 1. The van der Waals surface area contributed by atoms with Crippen LogP contribution in [0, 0.1) is 5.92 Å². The van der Waals surface area contributed by atoms with Gasteiger partial charge in [-0.2, -0.15) is 0 Å². The monoisotopic (exact) mass is 386 g/mol. The predicted molar refractivity (Wildman–Crippen MR) is 105 cm³/mol. The van der Waals surface area contributed by atoms with Crippen molar-refractivity contribution in [1.29, 1.82) is 0 Å². The van der Waals surface area contributed by atoms with Crippen molar-refractivity contribution in [3.8, 4) is 0 Å². The van der Waals surface area contributed by atoms with Crippen LogP contribution in [-0.2, 0) is 9.59 Å². The Labute approximate surface area is 162 Å². The second-order valence-electron chi connectivity index (χ2n) is 6.55. The lowest BCUT2D eigenvalue weighted by Gasteiger charge is -2.27. The van der Waals surface area contributed by atoms with Crippen LogP contribution in [0.3, 0.4) is 0 Å². The topological polar surface area (TPSA) is 40.6 Å². The Morgan fingerprint density at radius 1 is 1.08 bits per heavy atom. The lowest BCUT2D eigenvalue weighted by atomic mass is 10.1. The summed E-state index contributed by atoms with van der Waals surface area (Å²) in [6.45, 7) is 1.17. The largest absolute Gasteiger partial charge is 0.325 e. The van der Waals surface area contributed by atoms with E-state index in [4.69, 9.17) is 11.6 Å². The molecule has 4 rings (SSSR count). The molecule has 2 aromatic rings. The Balaban J connectivity index is 1.50. The van der Waals surface area contributed by atoms with Crippen molar-refractivity contribution in [2.24, 2.45) is 5.92 Å².